The van der Waals surface area contributed by atoms with Crippen molar-refractivity contribution in [1.82, 2.24) is 4.90 Å². The summed E-state index contributed by atoms with van der Waals surface area (Å²) in [6, 6.07) is 7.80. The molecule has 5 nitrogen and oxygen atoms in total. The van der Waals surface area contributed by atoms with Crippen molar-refractivity contribution in [3.8, 4) is 0 Å². The third-order valence-electron chi connectivity index (χ3n) is 5.01. The number of likely N-dealkylation sites (tertiary alicyclic amines) is 1. The number of benzene rings is 1. The number of piperidine rings is 1. The maximum Gasteiger partial charge on any atom is 0.321 e. The van der Waals surface area contributed by atoms with Crippen LogP contribution in [0.5, 0.6) is 0 Å². The predicted octanol–water partition coefficient (Wildman–Crippen LogP) is 3.24. The Morgan fingerprint density at radius 3 is 2.75 bits per heavy atom. The van der Waals surface area contributed by atoms with Crippen LogP contribution in [-0.2, 0) is 11.3 Å². The van der Waals surface area contributed by atoms with Gasteiger partial charge in [0, 0.05) is 25.4 Å². The Labute approximate surface area is 144 Å². The van der Waals surface area contributed by atoms with Gasteiger partial charge >= 0.3 is 6.03 Å². The predicted molar refractivity (Wildman–Crippen MR) is 93.8 cm³/mol. The molecule has 5 heteroatoms. The number of ether oxygens (including phenoxy) is 1. The van der Waals surface area contributed by atoms with Gasteiger partial charge in [-0.25, -0.2) is 4.79 Å². The smallest absolute Gasteiger partial charge is 0.321 e. The lowest BCUT2D eigenvalue weighted by atomic mass is 9.92. The maximum atomic E-state index is 12.4. The average molecular weight is 332 g/mol. The van der Waals surface area contributed by atoms with Gasteiger partial charge in [0.05, 0.1) is 12.7 Å². The topological polar surface area (TPSA) is 61.8 Å². The summed E-state index contributed by atoms with van der Waals surface area (Å²) >= 11 is 0. The second-order valence-corrected chi connectivity index (χ2v) is 7.15. The Morgan fingerprint density at radius 2 is 2.08 bits per heavy atom. The van der Waals surface area contributed by atoms with E-state index in [1.165, 1.54) is 12.8 Å². The molecule has 0 aromatic heterocycles. The summed E-state index contributed by atoms with van der Waals surface area (Å²) in [6.07, 6.45) is 4.02. The first kappa shape index (κ1) is 17.2. The lowest BCUT2D eigenvalue weighted by molar-refractivity contribution is 0.0820. The minimum Gasteiger partial charge on any atom is -0.393 e. The van der Waals surface area contributed by atoms with Crippen molar-refractivity contribution in [3.05, 3.63) is 29.8 Å². The van der Waals surface area contributed by atoms with Gasteiger partial charge in [-0.15, -0.1) is 0 Å². The molecule has 1 saturated carbocycles. The van der Waals surface area contributed by atoms with Gasteiger partial charge in [0.15, 0.2) is 0 Å². The quantitative estimate of drug-likeness (QED) is 0.841. The second-order valence-electron chi connectivity index (χ2n) is 7.15. The number of carbonyl (C=O) groups is 1. The Morgan fingerprint density at radius 1 is 1.33 bits per heavy atom. The molecule has 1 aliphatic heterocycles. The summed E-state index contributed by atoms with van der Waals surface area (Å²) in [6.45, 7) is 4.67. The number of hydrogen-bond acceptors (Lipinski definition) is 3. The summed E-state index contributed by atoms with van der Waals surface area (Å²) in [7, 11) is 0. The molecule has 2 fully saturated rings. The first-order valence-electron chi connectivity index (χ1n) is 9.02. The fourth-order valence-corrected chi connectivity index (χ4v) is 3.15. The summed E-state index contributed by atoms with van der Waals surface area (Å²) in [5.41, 5.74) is 1.89. The van der Waals surface area contributed by atoms with Crippen LogP contribution in [0.1, 0.15) is 38.2 Å². The largest absolute Gasteiger partial charge is 0.393 e. The van der Waals surface area contributed by atoms with Crippen LogP contribution in [0.4, 0.5) is 10.5 Å². The zero-order chi connectivity index (χ0) is 16.9. The SMILES string of the molecule is CC(O)C1CCN(C(=O)Nc2cccc(COCC3CC3)c2)CC1. The summed E-state index contributed by atoms with van der Waals surface area (Å²) < 4.78 is 5.71. The molecule has 1 aliphatic carbocycles. The normalized spacial score (nSPS) is 20.0. The first-order valence-corrected chi connectivity index (χ1v) is 9.02. The van der Waals surface area contributed by atoms with E-state index < -0.39 is 0 Å². The minimum atomic E-state index is -0.289. The highest BCUT2D eigenvalue weighted by molar-refractivity contribution is 5.89. The van der Waals surface area contributed by atoms with E-state index in [-0.39, 0.29) is 12.1 Å². The van der Waals surface area contributed by atoms with Crippen molar-refractivity contribution in [2.45, 2.75) is 45.3 Å². The highest BCUT2D eigenvalue weighted by atomic mass is 16.5. The molecule has 0 radical (unpaired) electrons. The number of carbonyl (C=O) groups excluding carboxylic acids is 1. The number of aliphatic hydroxyl groups is 1. The number of nitrogens with one attached hydrogen (secondary N) is 1. The van der Waals surface area contributed by atoms with E-state index in [0.29, 0.717) is 25.6 Å². The minimum absolute atomic E-state index is 0.0601. The molecule has 2 amide bonds. The zero-order valence-corrected chi connectivity index (χ0v) is 14.4. The highest BCUT2D eigenvalue weighted by Crippen LogP contribution is 2.29. The zero-order valence-electron chi connectivity index (χ0n) is 14.4. The molecule has 1 atom stereocenters. The van der Waals surface area contributed by atoms with Crippen molar-refractivity contribution in [3.63, 3.8) is 0 Å². The van der Waals surface area contributed by atoms with Gasteiger partial charge in [-0.2, -0.15) is 0 Å². The van der Waals surface area contributed by atoms with E-state index in [9.17, 15) is 9.90 Å². The average Bonchev–Trinajstić information content (AvgIpc) is 3.39. The molecule has 24 heavy (non-hydrogen) atoms. The fourth-order valence-electron chi connectivity index (χ4n) is 3.15. The van der Waals surface area contributed by atoms with Crippen LogP contribution >= 0.6 is 0 Å². The van der Waals surface area contributed by atoms with Crippen LogP contribution in [-0.4, -0.2) is 41.8 Å². The van der Waals surface area contributed by atoms with Gasteiger partial charge in [0.2, 0.25) is 0 Å². The standard InChI is InChI=1S/C19H28N2O3/c1-14(22)17-7-9-21(10-8-17)19(23)20-18-4-2-3-16(11-18)13-24-12-15-5-6-15/h2-4,11,14-15,17,22H,5-10,12-13H2,1H3,(H,20,23). The number of urea groups is 1. The lowest BCUT2D eigenvalue weighted by Gasteiger charge is -2.33. The molecule has 1 aromatic rings. The second kappa shape index (κ2) is 7.99. The van der Waals surface area contributed by atoms with Crippen LogP contribution in [0, 0.1) is 11.8 Å². The van der Waals surface area contributed by atoms with Gasteiger partial charge in [-0.3, -0.25) is 0 Å². The molecule has 0 bridgehead atoms. The maximum absolute atomic E-state index is 12.4. The summed E-state index contributed by atoms with van der Waals surface area (Å²) in [4.78, 5) is 14.2. The molecule has 1 saturated heterocycles. The molecule has 0 spiro atoms. The van der Waals surface area contributed by atoms with Crippen LogP contribution in [0.25, 0.3) is 0 Å². The van der Waals surface area contributed by atoms with Crippen LogP contribution < -0.4 is 5.32 Å². The van der Waals surface area contributed by atoms with Gasteiger partial charge in [0.25, 0.3) is 0 Å². The highest BCUT2D eigenvalue weighted by Gasteiger charge is 2.25. The molecule has 132 valence electrons. The van der Waals surface area contributed by atoms with Gasteiger partial charge in [0.1, 0.15) is 0 Å². The molecule has 1 unspecified atom stereocenters. The van der Waals surface area contributed by atoms with Gasteiger partial charge in [-0.05, 0) is 62.1 Å². The van der Waals surface area contributed by atoms with Crippen LogP contribution in [0.3, 0.4) is 0 Å². The third-order valence-corrected chi connectivity index (χ3v) is 5.01. The third kappa shape index (κ3) is 4.95. The Hall–Kier alpha value is -1.59. The van der Waals surface area contributed by atoms with E-state index in [2.05, 4.69) is 5.32 Å². The van der Waals surface area contributed by atoms with Gasteiger partial charge in [-0.1, -0.05) is 12.1 Å². The van der Waals surface area contributed by atoms with Crippen LogP contribution in [0.15, 0.2) is 24.3 Å². The number of anilines is 1. The molecular weight excluding hydrogens is 304 g/mol. The van der Waals surface area contributed by atoms with Crippen LogP contribution in [0.2, 0.25) is 0 Å². The van der Waals surface area contributed by atoms with Crippen molar-refractivity contribution in [2.24, 2.45) is 11.8 Å². The monoisotopic (exact) mass is 332 g/mol. The van der Waals surface area contributed by atoms with E-state index in [1.54, 1.807) is 0 Å². The van der Waals surface area contributed by atoms with Gasteiger partial charge < -0.3 is 20.1 Å². The van der Waals surface area contributed by atoms with E-state index >= 15 is 0 Å². The first-order chi connectivity index (χ1) is 11.6. The summed E-state index contributed by atoms with van der Waals surface area (Å²) in [5, 5.41) is 12.6. The van der Waals surface area contributed by atoms with Crippen molar-refractivity contribution in [1.29, 1.82) is 0 Å². The Bertz CT molecular complexity index is 549. The number of rotatable bonds is 6. The van der Waals surface area contributed by atoms with E-state index in [1.807, 2.05) is 36.1 Å². The molecular formula is C19H28N2O3. The fraction of sp³-hybridized carbons (Fsp3) is 0.632. The molecule has 2 N–H and O–H groups in total. The number of amides is 2. The number of aliphatic hydroxyl groups excluding tert-OH is 1. The van der Waals surface area contributed by atoms with Crippen molar-refractivity contribution in [2.75, 3.05) is 25.0 Å². The van der Waals surface area contributed by atoms with E-state index in [4.69, 9.17) is 4.74 Å². The Kier molecular flexibility index (Phi) is 5.74. The Balaban J connectivity index is 1.47. The molecule has 1 heterocycles. The van der Waals surface area contributed by atoms with Crippen molar-refractivity contribution < 1.29 is 14.6 Å². The molecule has 3 rings (SSSR count). The van der Waals surface area contributed by atoms with Crippen molar-refractivity contribution >= 4 is 11.7 Å². The number of hydrogen-bond donors (Lipinski definition) is 2. The summed E-state index contributed by atoms with van der Waals surface area (Å²) in [5.74, 6) is 1.07. The lowest BCUT2D eigenvalue weighted by Crippen LogP contribution is -2.42. The number of nitrogens with zero attached hydrogens (tertiary/aromatic N) is 1. The van der Waals surface area contributed by atoms with E-state index in [0.717, 1.165) is 36.6 Å². The molecule has 2 aliphatic rings. The molecule has 1 aromatic carbocycles.